The van der Waals surface area contributed by atoms with Gasteiger partial charge in [-0.3, -0.25) is 0 Å². The van der Waals surface area contributed by atoms with Gasteiger partial charge in [-0.1, -0.05) is 13.2 Å². The van der Waals surface area contributed by atoms with E-state index >= 15 is 0 Å². The van der Waals surface area contributed by atoms with E-state index in [0.29, 0.717) is 0 Å². The van der Waals surface area contributed by atoms with E-state index in [1.165, 1.54) is 12.2 Å². The molecule has 0 aliphatic carbocycles. The topological polar surface area (TPSA) is 35.5 Å². The van der Waals surface area contributed by atoms with Crippen LogP contribution in [0.1, 0.15) is 0 Å². The molecule has 2 unspecified atom stereocenters. The third kappa shape index (κ3) is 5.81. The van der Waals surface area contributed by atoms with Crippen LogP contribution < -0.4 is 0 Å². The fourth-order valence-corrected chi connectivity index (χ4v) is 0.723. The van der Waals surface area contributed by atoms with Crippen molar-refractivity contribution in [2.24, 2.45) is 0 Å². The van der Waals surface area contributed by atoms with Gasteiger partial charge in [0, 0.05) is 0 Å². The van der Waals surface area contributed by atoms with Crippen LogP contribution in [-0.4, -0.2) is 14.4 Å². The SMILES string of the molecule is C=CC(I)OC(=O)OC(I)C=C. The van der Waals surface area contributed by atoms with E-state index in [1.807, 2.05) is 45.2 Å². The maximum atomic E-state index is 10.8. The minimum absolute atomic E-state index is 0.358. The van der Waals surface area contributed by atoms with E-state index in [-0.39, 0.29) is 8.22 Å². The normalized spacial score (nSPS) is 14.2. The second-order valence-corrected chi connectivity index (χ2v) is 4.11. The molecule has 0 saturated heterocycles. The molecule has 0 spiro atoms. The third-order valence-corrected chi connectivity index (χ3v) is 2.31. The zero-order chi connectivity index (χ0) is 9.56. The van der Waals surface area contributed by atoms with Crippen LogP contribution in [0.3, 0.4) is 0 Å². The molecule has 0 fully saturated rings. The summed E-state index contributed by atoms with van der Waals surface area (Å²) >= 11 is 3.82. The number of alkyl halides is 2. The molecule has 2 atom stereocenters. The summed E-state index contributed by atoms with van der Waals surface area (Å²) in [4.78, 5) is 10.8. The molecule has 0 aliphatic rings. The molecule has 0 radical (unpaired) electrons. The van der Waals surface area contributed by atoms with E-state index < -0.39 is 6.16 Å². The summed E-state index contributed by atoms with van der Waals surface area (Å²) in [6.45, 7) is 6.90. The highest BCUT2D eigenvalue weighted by Crippen LogP contribution is 2.09. The Morgan fingerprint density at radius 3 is 1.75 bits per heavy atom. The van der Waals surface area contributed by atoms with Crippen molar-refractivity contribution in [2.45, 2.75) is 8.22 Å². The molecule has 3 nitrogen and oxygen atoms in total. The molecule has 12 heavy (non-hydrogen) atoms. The molecular formula is C7H8I2O3. The van der Waals surface area contributed by atoms with E-state index in [9.17, 15) is 4.79 Å². The Labute approximate surface area is 98.5 Å². The van der Waals surface area contributed by atoms with Crippen molar-refractivity contribution in [3.8, 4) is 0 Å². The smallest absolute Gasteiger partial charge is 0.416 e. The van der Waals surface area contributed by atoms with Crippen LogP contribution in [0.2, 0.25) is 0 Å². The first-order valence-electron chi connectivity index (χ1n) is 3.00. The fourth-order valence-electron chi connectivity index (χ4n) is 0.308. The van der Waals surface area contributed by atoms with Crippen molar-refractivity contribution in [2.75, 3.05) is 0 Å². The maximum Gasteiger partial charge on any atom is 0.511 e. The van der Waals surface area contributed by atoms with Crippen LogP contribution in [0, 0.1) is 0 Å². The average Bonchev–Trinajstić information content (AvgIpc) is 2.03. The molecule has 5 heteroatoms. The number of halogens is 2. The van der Waals surface area contributed by atoms with Crippen LogP contribution in [0.25, 0.3) is 0 Å². The van der Waals surface area contributed by atoms with Crippen molar-refractivity contribution < 1.29 is 14.3 Å². The van der Waals surface area contributed by atoms with Crippen LogP contribution in [0.4, 0.5) is 4.79 Å². The molecule has 0 amide bonds. The predicted molar refractivity (Wildman–Crippen MR) is 63.6 cm³/mol. The lowest BCUT2D eigenvalue weighted by Crippen LogP contribution is -2.14. The highest BCUT2D eigenvalue weighted by Gasteiger charge is 2.11. The van der Waals surface area contributed by atoms with Crippen LogP contribution in [-0.2, 0) is 9.47 Å². The van der Waals surface area contributed by atoms with Crippen molar-refractivity contribution in [3.63, 3.8) is 0 Å². The number of rotatable bonds is 4. The van der Waals surface area contributed by atoms with Crippen molar-refractivity contribution in [1.29, 1.82) is 0 Å². The summed E-state index contributed by atoms with van der Waals surface area (Å²) in [6, 6.07) is 0. The van der Waals surface area contributed by atoms with E-state index in [4.69, 9.17) is 9.47 Å². The van der Waals surface area contributed by atoms with Gasteiger partial charge in [-0.2, -0.15) is 0 Å². The molecule has 0 N–H and O–H groups in total. The van der Waals surface area contributed by atoms with Gasteiger partial charge in [0.25, 0.3) is 0 Å². The summed E-state index contributed by atoms with van der Waals surface area (Å²) in [5, 5.41) is 0. The highest BCUT2D eigenvalue weighted by molar-refractivity contribution is 14.1. The van der Waals surface area contributed by atoms with Crippen LogP contribution in [0.15, 0.2) is 25.3 Å². The molecule has 0 rings (SSSR count). The molecule has 0 bridgehead atoms. The Morgan fingerprint density at radius 2 is 1.50 bits per heavy atom. The number of ether oxygens (including phenoxy) is 2. The maximum absolute atomic E-state index is 10.8. The van der Waals surface area contributed by atoms with Gasteiger partial charge in [0.05, 0.1) is 0 Å². The Morgan fingerprint density at radius 1 is 1.17 bits per heavy atom. The Hall–Kier alpha value is 0.210. The summed E-state index contributed by atoms with van der Waals surface area (Å²) < 4.78 is 8.74. The van der Waals surface area contributed by atoms with Gasteiger partial charge in [-0.05, 0) is 57.3 Å². The first-order chi connectivity index (χ1) is 5.60. The molecular weight excluding hydrogens is 386 g/mol. The average molecular weight is 394 g/mol. The molecule has 68 valence electrons. The van der Waals surface area contributed by atoms with Gasteiger partial charge in [0.2, 0.25) is 0 Å². The highest BCUT2D eigenvalue weighted by atomic mass is 127. The van der Waals surface area contributed by atoms with Crippen molar-refractivity contribution in [3.05, 3.63) is 25.3 Å². The largest absolute Gasteiger partial charge is 0.511 e. The molecule has 0 aromatic carbocycles. The van der Waals surface area contributed by atoms with Crippen molar-refractivity contribution in [1.82, 2.24) is 0 Å². The minimum Gasteiger partial charge on any atom is -0.416 e. The Kier molecular flexibility index (Phi) is 6.81. The third-order valence-electron chi connectivity index (χ3n) is 0.788. The first-order valence-corrected chi connectivity index (χ1v) is 5.49. The zero-order valence-electron chi connectivity index (χ0n) is 6.20. The quantitative estimate of drug-likeness (QED) is 0.319. The van der Waals surface area contributed by atoms with Gasteiger partial charge in [-0.25, -0.2) is 4.79 Å². The lowest BCUT2D eigenvalue weighted by molar-refractivity contribution is 0.0641. The number of hydrogen-bond acceptors (Lipinski definition) is 3. The summed E-state index contributed by atoms with van der Waals surface area (Å²) in [5.74, 6) is 0. The molecule has 0 saturated carbocycles. The Bertz CT molecular complexity index is 163. The van der Waals surface area contributed by atoms with E-state index in [1.54, 1.807) is 0 Å². The van der Waals surface area contributed by atoms with E-state index in [0.717, 1.165) is 0 Å². The van der Waals surface area contributed by atoms with Gasteiger partial charge in [-0.15, -0.1) is 0 Å². The van der Waals surface area contributed by atoms with Gasteiger partial charge < -0.3 is 9.47 Å². The standard InChI is InChI=1S/C7H8I2O3/c1-3-5(8)11-7(10)12-6(9)4-2/h3-6H,1-2H2. The first kappa shape index (κ1) is 12.2. The monoisotopic (exact) mass is 394 g/mol. The summed E-state index contributed by atoms with van der Waals surface area (Å²) in [5.41, 5.74) is 0. The van der Waals surface area contributed by atoms with Crippen molar-refractivity contribution >= 4 is 51.3 Å². The number of hydrogen-bond donors (Lipinski definition) is 0. The van der Waals surface area contributed by atoms with E-state index in [2.05, 4.69) is 13.2 Å². The predicted octanol–water partition coefficient (Wildman–Crippen LogP) is 3.03. The van der Waals surface area contributed by atoms with Gasteiger partial charge in [0.1, 0.15) is 0 Å². The van der Waals surface area contributed by atoms with Crippen LogP contribution in [0.5, 0.6) is 0 Å². The lowest BCUT2D eigenvalue weighted by Gasteiger charge is -2.09. The second kappa shape index (κ2) is 6.70. The number of carbonyl (C=O) groups excluding carboxylic acids is 1. The second-order valence-electron chi connectivity index (χ2n) is 1.66. The lowest BCUT2D eigenvalue weighted by atomic mass is 10.7. The fraction of sp³-hybridized carbons (Fsp3) is 0.286. The number of carbonyl (C=O) groups is 1. The summed E-state index contributed by atoms with van der Waals surface area (Å²) in [7, 11) is 0. The van der Waals surface area contributed by atoms with Gasteiger partial charge in [0.15, 0.2) is 8.22 Å². The molecule has 0 aromatic heterocycles. The molecule has 0 aromatic rings. The van der Waals surface area contributed by atoms with Gasteiger partial charge >= 0.3 is 6.16 Å². The van der Waals surface area contributed by atoms with Crippen LogP contribution >= 0.6 is 45.2 Å². The Balaban J connectivity index is 3.73. The zero-order valence-corrected chi connectivity index (χ0v) is 10.5. The summed E-state index contributed by atoms with van der Waals surface area (Å²) in [6.07, 6.45) is 2.28. The molecule has 0 aliphatic heterocycles. The minimum atomic E-state index is -0.714. The molecule has 0 heterocycles.